The molecule has 158 valence electrons. The van der Waals surface area contributed by atoms with E-state index in [4.69, 9.17) is 4.74 Å². The highest BCUT2D eigenvalue weighted by Gasteiger charge is 2.17. The standard InChI is InChI=1S/C22H23N7O2/c1-27-13-19(11-24-27)29-7-5-21(30)20(25-29)10-16-3-2-4-18(9-16)22-23-15-28(26-22)12-17-6-8-31-14-17/h2-5,7,9,11,13,15,17H,6,8,10,12,14H2,1H3. The molecule has 1 aliphatic rings. The zero-order valence-corrected chi connectivity index (χ0v) is 17.3. The van der Waals surface area contributed by atoms with Gasteiger partial charge < -0.3 is 4.74 Å². The van der Waals surface area contributed by atoms with E-state index in [1.807, 2.05) is 42.2 Å². The molecule has 4 heterocycles. The maximum atomic E-state index is 12.4. The summed E-state index contributed by atoms with van der Waals surface area (Å²) >= 11 is 0. The van der Waals surface area contributed by atoms with Crippen LogP contribution in [0.25, 0.3) is 17.1 Å². The van der Waals surface area contributed by atoms with Crippen LogP contribution in [-0.2, 0) is 24.8 Å². The maximum absolute atomic E-state index is 12.4. The molecule has 1 aromatic carbocycles. The van der Waals surface area contributed by atoms with Crippen molar-refractivity contribution in [2.45, 2.75) is 19.4 Å². The van der Waals surface area contributed by atoms with Crippen LogP contribution in [0.2, 0.25) is 0 Å². The molecule has 1 fully saturated rings. The normalized spacial score (nSPS) is 16.1. The molecule has 1 aliphatic heterocycles. The lowest BCUT2D eigenvalue weighted by atomic mass is 10.1. The minimum Gasteiger partial charge on any atom is -0.381 e. The molecule has 1 atom stereocenters. The van der Waals surface area contributed by atoms with Crippen LogP contribution >= 0.6 is 0 Å². The zero-order valence-electron chi connectivity index (χ0n) is 17.3. The fourth-order valence-corrected chi connectivity index (χ4v) is 3.76. The van der Waals surface area contributed by atoms with Crippen LogP contribution in [0.1, 0.15) is 17.7 Å². The van der Waals surface area contributed by atoms with Gasteiger partial charge in [0.25, 0.3) is 0 Å². The van der Waals surface area contributed by atoms with Crippen molar-refractivity contribution in [2.75, 3.05) is 13.2 Å². The van der Waals surface area contributed by atoms with E-state index in [9.17, 15) is 4.79 Å². The summed E-state index contributed by atoms with van der Waals surface area (Å²) in [5, 5.41) is 13.3. The largest absolute Gasteiger partial charge is 0.381 e. The number of rotatable bonds is 6. The minimum atomic E-state index is -0.0910. The first-order valence-corrected chi connectivity index (χ1v) is 10.3. The van der Waals surface area contributed by atoms with Gasteiger partial charge in [-0.1, -0.05) is 18.2 Å². The fourth-order valence-electron chi connectivity index (χ4n) is 3.76. The fraction of sp³-hybridized carbons (Fsp3) is 0.318. The van der Waals surface area contributed by atoms with Crippen molar-refractivity contribution in [3.63, 3.8) is 0 Å². The van der Waals surface area contributed by atoms with E-state index in [0.717, 1.165) is 43.0 Å². The minimum absolute atomic E-state index is 0.0910. The summed E-state index contributed by atoms with van der Waals surface area (Å²) in [4.78, 5) is 16.9. The Morgan fingerprint density at radius 2 is 2.16 bits per heavy atom. The first-order valence-electron chi connectivity index (χ1n) is 10.3. The lowest BCUT2D eigenvalue weighted by molar-refractivity contribution is 0.181. The third kappa shape index (κ3) is 4.31. The SMILES string of the molecule is Cn1cc(-n2ccc(=O)c(Cc3cccc(-c4ncn(CC5CCOC5)n4)c3)n2)cn1. The highest BCUT2D eigenvalue weighted by molar-refractivity contribution is 5.55. The highest BCUT2D eigenvalue weighted by atomic mass is 16.5. The van der Waals surface area contributed by atoms with Gasteiger partial charge in [-0.25, -0.2) is 9.67 Å². The van der Waals surface area contributed by atoms with E-state index < -0.39 is 0 Å². The van der Waals surface area contributed by atoms with Crippen molar-refractivity contribution in [1.29, 1.82) is 0 Å². The van der Waals surface area contributed by atoms with E-state index >= 15 is 0 Å². The van der Waals surface area contributed by atoms with Gasteiger partial charge in [0.1, 0.15) is 17.7 Å². The molecule has 3 aromatic heterocycles. The number of hydrogen-bond donors (Lipinski definition) is 0. The summed E-state index contributed by atoms with van der Waals surface area (Å²) in [5.41, 5.74) is 3.09. The summed E-state index contributed by atoms with van der Waals surface area (Å²) < 4.78 is 10.7. The van der Waals surface area contributed by atoms with Crippen LogP contribution in [0.15, 0.2) is 60.0 Å². The number of aromatic nitrogens is 7. The number of nitrogens with zero attached hydrogens (tertiary/aromatic N) is 7. The molecule has 0 aliphatic carbocycles. The Labute approximate surface area is 178 Å². The maximum Gasteiger partial charge on any atom is 0.203 e. The molecule has 0 bridgehead atoms. The summed E-state index contributed by atoms with van der Waals surface area (Å²) in [7, 11) is 1.84. The molecule has 9 heteroatoms. The van der Waals surface area contributed by atoms with E-state index in [2.05, 4.69) is 20.3 Å². The van der Waals surface area contributed by atoms with Crippen molar-refractivity contribution in [2.24, 2.45) is 13.0 Å². The Kier molecular flexibility index (Phi) is 5.17. The Bertz CT molecular complexity index is 1250. The van der Waals surface area contributed by atoms with Gasteiger partial charge in [0.15, 0.2) is 5.82 Å². The molecule has 0 amide bonds. The number of aryl methyl sites for hydroxylation is 1. The average Bonchev–Trinajstić information content (AvgIpc) is 3.53. The van der Waals surface area contributed by atoms with Crippen LogP contribution in [0.3, 0.4) is 0 Å². The molecular formula is C22H23N7O2. The van der Waals surface area contributed by atoms with Crippen molar-refractivity contribution in [1.82, 2.24) is 34.3 Å². The van der Waals surface area contributed by atoms with Gasteiger partial charge in [-0.3, -0.25) is 14.2 Å². The van der Waals surface area contributed by atoms with Gasteiger partial charge in [-0.05, 0) is 18.1 Å². The molecule has 5 rings (SSSR count). The molecule has 0 spiro atoms. The third-order valence-corrected chi connectivity index (χ3v) is 5.40. The van der Waals surface area contributed by atoms with Gasteiger partial charge in [-0.2, -0.15) is 15.3 Å². The quantitative estimate of drug-likeness (QED) is 0.475. The molecule has 1 saturated heterocycles. The molecule has 31 heavy (non-hydrogen) atoms. The smallest absolute Gasteiger partial charge is 0.203 e. The second-order valence-corrected chi connectivity index (χ2v) is 7.84. The predicted molar refractivity (Wildman–Crippen MR) is 114 cm³/mol. The Hall–Kier alpha value is -3.59. The van der Waals surface area contributed by atoms with Gasteiger partial charge >= 0.3 is 0 Å². The second-order valence-electron chi connectivity index (χ2n) is 7.84. The lowest BCUT2D eigenvalue weighted by Gasteiger charge is -2.07. The van der Waals surface area contributed by atoms with Gasteiger partial charge in [0.2, 0.25) is 5.43 Å². The monoisotopic (exact) mass is 417 g/mol. The summed E-state index contributed by atoms with van der Waals surface area (Å²) in [6, 6.07) is 9.47. The summed E-state index contributed by atoms with van der Waals surface area (Å²) in [6.07, 6.45) is 8.47. The van der Waals surface area contributed by atoms with Crippen molar-refractivity contribution >= 4 is 0 Å². The second kappa shape index (κ2) is 8.27. The van der Waals surface area contributed by atoms with Crippen molar-refractivity contribution < 1.29 is 4.74 Å². The number of ether oxygens (including phenoxy) is 1. The Morgan fingerprint density at radius 1 is 1.23 bits per heavy atom. The van der Waals surface area contributed by atoms with Gasteiger partial charge in [0, 0.05) is 50.4 Å². The predicted octanol–water partition coefficient (Wildman–Crippen LogP) is 1.85. The molecular weight excluding hydrogens is 394 g/mol. The van der Waals surface area contributed by atoms with Crippen molar-refractivity contribution in [3.05, 3.63) is 76.7 Å². The van der Waals surface area contributed by atoms with Crippen LogP contribution in [0.5, 0.6) is 0 Å². The summed E-state index contributed by atoms with van der Waals surface area (Å²) in [6.45, 7) is 2.42. The molecule has 9 nitrogen and oxygen atoms in total. The molecule has 0 radical (unpaired) electrons. The van der Waals surface area contributed by atoms with Gasteiger partial charge in [-0.15, -0.1) is 0 Å². The van der Waals surface area contributed by atoms with Crippen LogP contribution in [0, 0.1) is 5.92 Å². The zero-order chi connectivity index (χ0) is 21.2. The summed E-state index contributed by atoms with van der Waals surface area (Å²) in [5.74, 6) is 1.17. The highest BCUT2D eigenvalue weighted by Crippen LogP contribution is 2.19. The van der Waals surface area contributed by atoms with E-state index in [1.54, 1.807) is 28.1 Å². The topological polar surface area (TPSA) is 92.7 Å². The Morgan fingerprint density at radius 3 is 2.97 bits per heavy atom. The van der Waals surface area contributed by atoms with Gasteiger partial charge in [0.05, 0.1) is 19.0 Å². The van der Waals surface area contributed by atoms with E-state index in [1.165, 1.54) is 6.07 Å². The number of benzene rings is 1. The molecule has 1 unspecified atom stereocenters. The molecule has 4 aromatic rings. The van der Waals surface area contributed by atoms with E-state index in [-0.39, 0.29) is 5.43 Å². The average molecular weight is 417 g/mol. The first-order chi connectivity index (χ1) is 15.1. The van der Waals surface area contributed by atoms with Crippen LogP contribution in [-0.4, -0.2) is 47.5 Å². The Balaban J connectivity index is 1.36. The van der Waals surface area contributed by atoms with Crippen LogP contribution in [0.4, 0.5) is 0 Å². The number of hydrogen-bond acceptors (Lipinski definition) is 6. The first kappa shape index (κ1) is 19.4. The molecule has 0 N–H and O–H groups in total. The van der Waals surface area contributed by atoms with Crippen molar-refractivity contribution in [3.8, 4) is 17.1 Å². The molecule has 0 saturated carbocycles. The lowest BCUT2D eigenvalue weighted by Crippen LogP contribution is -2.16. The third-order valence-electron chi connectivity index (χ3n) is 5.40. The van der Waals surface area contributed by atoms with Crippen LogP contribution < -0.4 is 5.43 Å². The van der Waals surface area contributed by atoms with E-state index in [0.29, 0.717) is 23.9 Å².